The van der Waals surface area contributed by atoms with E-state index in [2.05, 4.69) is 11.9 Å². The number of hydrogen-bond donors (Lipinski definition) is 1. The van der Waals surface area contributed by atoms with Gasteiger partial charge in [0.2, 0.25) is 11.8 Å². The highest BCUT2D eigenvalue weighted by molar-refractivity contribution is 5.97. The second-order valence-electron chi connectivity index (χ2n) is 6.28. The van der Waals surface area contributed by atoms with Gasteiger partial charge in [-0.15, -0.1) is 6.58 Å². The molecule has 0 aromatic carbocycles. The van der Waals surface area contributed by atoms with Gasteiger partial charge >= 0.3 is 0 Å². The Morgan fingerprint density at radius 2 is 1.94 bits per heavy atom. The fourth-order valence-corrected chi connectivity index (χ4v) is 2.39. The monoisotopic (exact) mass is 252 g/mol. The first-order valence-electron chi connectivity index (χ1n) is 6.42. The van der Waals surface area contributed by atoms with E-state index in [9.17, 15) is 9.59 Å². The van der Waals surface area contributed by atoms with Crippen LogP contribution in [0, 0.1) is 11.3 Å². The van der Waals surface area contributed by atoms with Gasteiger partial charge in [-0.25, -0.2) is 0 Å². The molecule has 4 nitrogen and oxygen atoms in total. The lowest BCUT2D eigenvalue weighted by molar-refractivity contribution is -0.154. The van der Waals surface area contributed by atoms with E-state index >= 15 is 0 Å². The van der Waals surface area contributed by atoms with Crippen LogP contribution in [0.1, 0.15) is 34.6 Å². The summed E-state index contributed by atoms with van der Waals surface area (Å²) in [6, 6.07) is -0.853. The van der Waals surface area contributed by atoms with E-state index in [1.807, 2.05) is 34.6 Å². The van der Waals surface area contributed by atoms with Gasteiger partial charge in [-0.3, -0.25) is 9.59 Å². The fraction of sp³-hybridized carbons (Fsp3) is 0.714. The van der Waals surface area contributed by atoms with Crippen LogP contribution in [0.4, 0.5) is 0 Å². The summed E-state index contributed by atoms with van der Waals surface area (Å²) >= 11 is 0. The summed E-state index contributed by atoms with van der Waals surface area (Å²) in [5.41, 5.74) is -0.287. The van der Waals surface area contributed by atoms with Crippen molar-refractivity contribution < 1.29 is 9.59 Å². The van der Waals surface area contributed by atoms with Gasteiger partial charge in [0.1, 0.15) is 12.1 Å². The van der Waals surface area contributed by atoms with Gasteiger partial charge in [-0.05, 0) is 11.3 Å². The summed E-state index contributed by atoms with van der Waals surface area (Å²) in [4.78, 5) is 26.3. The normalized spacial score (nSPS) is 25.3. The Hall–Kier alpha value is -1.32. The van der Waals surface area contributed by atoms with Crippen LogP contribution in [0.3, 0.4) is 0 Å². The Bertz CT molecular complexity index is 355. The van der Waals surface area contributed by atoms with E-state index in [1.165, 1.54) is 0 Å². The molecule has 2 unspecified atom stereocenters. The molecule has 1 N–H and O–H groups in total. The van der Waals surface area contributed by atoms with Crippen LogP contribution in [0.25, 0.3) is 0 Å². The van der Waals surface area contributed by atoms with Crippen molar-refractivity contribution in [1.29, 1.82) is 0 Å². The average molecular weight is 252 g/mol. The van der Waals surface area contributed by atoms with Crippen LogP contribution in [-0.2, 0) is 9.59 Å². The third-order valence-corrected chi connectivity index (χ3v) is 3.22. The molecule has 0 saturated carbocycles. The van der Waals surface area contributed by atoms with Crippen molar-refractivity contribution >= 4 is 11.8 Å². The van der Waals surface area contributed by atoms with E-state index in [-0.39, 0.29) is 23.1 Å². The fourth-order valence-electron chi connectivity index (χ4n) is 2.39. The van der Waals surface area contributed by atoms with Crippen LogP contribution in [-0.4, -0.2) is 35.3 Å². The Kier molecular flexibility index (Phi) is 4.20. The van der Waals surface area contributed by atoms with Crippen LogP contribution < -0.4 is 5.32 Å². The molecular weight excluding hydrogens is 228 g/mol. The van der Waals surface area contributed by atoms with E-state index < -0.39 is 12.1 Å². The minimum absolute atomic E-state index is 0.00979. The molecule has 0 aromatic heterocycles. The number of piperazine rings is 1. The maximum absolute atomic E-state index is 12.4. The van der Waals surface area contributed by atoms with Crippen LogP contribution in [0.2, 0.25) is 0 Å². The second-order valence-corrected chi connectivity index (χ2v) is 6.28. The number of carbonyl (C=O) groups excluding carboxylic acids is 2. The van der Waals surface area contributed by atoms with Crippen LogP contribution >= 0.6 is 0 Å². The molecule has 2 atom stereocenters. The molecule has 1 aliphatic heterocycles. The summed E-state index contributed by atoms with van der Waals surface area (Å²) in [6.07, 6.45) is 1.67. The predicted octanol–water partition coefficient (Wildman–Crippen LogP) is 1.57. The molecule has 0 aliphatic carbocycles. The van der Waals surface area contributed by atoms with E-state index in [0.29, 0.717) is 6.54 Å². The third-order valence-electron chi connectivity index (χ3n) is 3.22. The number of nitrogens with one attached hydrogen (secondary N) is 1. The Balaban J connectivity index is 3.10. The Morgan fingerprint density at radius 3 is 2.33 bits per heavy atom. The third kappa shape index (κ3) is 2.74. The number of amides is 2. The van der Waals surface area contributed by atoms with Crippen molar-refractivity contribution in [3.8, 4) is 0 Å². The Labute approximate surface area is 109 Å². The predicted molar refractivity (Wildman–Crippen MR) is 71.9 cm³/mol. The Morgan fingerprint density at radius 1 is 1.39 bits per heavy atom. The molecule has 1 saturated heterocycles. The second kappa shape index (κ2) is 5.12. The first-order valence-corrected chi connectivity index (χ1v) is 6.42. The quantitative estimate of drug-likeness (QED) is 0.775. The van der Waals surface area contributed by atoms with Crippen LogP contribution in [0.15, 0.2) is 12.7 Å². The van der Waals surface area contributed by atoms with Gasteiger partial charge in [-0.2, -0.15) is 0 Å². The summed E-state index contributed by atoms with van der Waals surface area (Å²) in [6.45, 7) is 13.9. The highest BCUT2D eigenvalue weighted by Crippen LogP contribution is 2.28. The SMILES string of the molecule is C=CCN1C(=O)C(C(C)C)NC(=O)C1C(C)(C)C. The van der Waals surface area contributed by atoms with E-state index in [4.69, 9.17) is 0 Å². The van der Waals surface area contributed by atoms with Gasteiger partial charge in [0.25, 0.3) is 0 Å². The molecule has 102 valence electrons. The van der Waals surface area contributed by atoms with Crippen molar-refractivity contribution in [2.45, 2.75) is 46.7 Å². The molecule has 0 bridgehead atoms. The lowest BCUT2D eigenvalue weighted by atomic mass is 9.82. The van der Waals surface area contributed by atoms with Gasteiger partial charge in [0, 0.05) is 6.54 Å². The molecule has 0 aromatic rings. The highest BCUT2D eigenvalue weighted by Gasteiger charge is 2.46. The molecule has 1 aliphatic rings. The summed E-state index contributed by atoms with van der Waals surface area (Å²) in [5.74, 6) is 0.0155. The van der Waals surface area contributed by atoms with Crippen molar-refractivity contribution in [2.75, 3.05) is 6.54 Å². The van der Waals surface area contributed by atoms with Gasteiger partial charge in [0.15, 0.2) is 0 Å². The van der Waals surface area contributed by atoms with Crippen molar-refractivity contribution in [2.24, 2.45) is 11.3 Å². The van der Waals surface area contributed by atoms with Crippen LogP contribution in [0.5, 0.6) is 0 Å². The maximum atomic E-state index is 12.4. The molecule has 2 amide bonds. The molecule has 1 fully saturated rings. The first kappa shape index (κ1) is 14.7. The summed E-state index contributed by atoms with van der Waals surface area (Å²) in [7, 11) is 0. The zero-order chi connectivity index (χ0) is 14.1. The van der Waals surface area contributed by atoms with E-state index in [1.54, 1.807) is 11.0 Å². The average Bonchev–Trinajstić information content (AvgIpc) is 2.20. The smallest absolute Gasteiger partial charge is 0.246 e. The summed E-state index contributed by atoms with van der Waals surface area (Å²) < 4.78 is 0. The molecule has 18 heavy (non-hydrogen) atoms. The summed E-state index contributed by atoms with van der Waals surface area (Å²) in [5, 5.41) is 2.85. The number of nitrogens with zero attached hydrogens (tertiary/aromatic N) is 1. The molecule has 1 heterocycles. The number of carbonyl (C=O) groups is 2. The maximum Gasteiger partial charge on any atom is 0.246 e. The van der Waals surface area contributed by atoms with Gasteiger partial charge in [0.05, 0.1) is 0 Å². The first-order chi connectivity index (χ1) is 8.20. The minimum atomic E-state index is -0.432. The minimum Gasteiger partial charge on any atom is -0.342 e. The zero-order valence-corrected chi connectivity index (χ0v) is 12.0. The lowest BCUT2D eigenvalue weighted by Gasteiger charge is -2.45. The number of hydrogen-bond acceptors (Lipinski definition) is 2. The molecule has 0 spiro atoms. The van der Waals surface area contributed by atoms with Crippen molar-refractivity contribution in [1.82, 2.24) is 10.2 Å². The standard InChI is InChI=1S/C14H24N2O2/c1-7-8-16-11(14(4,5)6)12(17)15-10(9(2)3)13(16)18/h7,9-11H,1,8H2,2-6H3,(H,15,17). The number of rotatable bonds is 3. The van der Waals surface area contributed by atoms with Gasteiger partial charge in [-0.1, -0.05) is 40.7 Å². The van der Waals surface area contributed by atoms with Crippen molar-refractivity contribution in [3.63, 3.8) is 0 Å². The van der Waals surface area contributed by atoms with E-state index in [0.717, 1.165) is 0 Å². The molecule has 4 heteroatoms. The molecule has 0 radical (unpaired) electrons. The van der Waals surface area contributed by atoms with Gasteiger partial charge < -0.3 is 10.2 Å². The lowest BCUT2D eigenvalue weighted by Crippen LogP contribution is -2.67. The largest absolute Gasteiger partial charge is 0.342 e. The van der Waals surface area contributed by atoms with Crippen molar-refractivity contribution in [3.05, 3.63) is 12.7 Å². The highest BCUT2D eigenvalue weighted by atomic mass is 16.2. The molecular formula is C14H24N2O2. The topological polar surface area (TPSA) is 49.4 Å². The zero-order valence-electron chi connectivity index (χ0n) is 12.0. The molecule has 1 rings (SSSR count).